The van der Waals surface area contributed by atoms with E-state index in [-0.39, 0.29) is 12.2 Å². The Balaban J connectivity index is 1.75. The zero-order valence-corrected chi connectivity index (χ0v) is 14.8. The number of carbonyl (C=O) groups excluding carboxylic acids is 1. The Labute approximate surface area is 164 Å². The number of aromatic nitrogens is 1. The van der Waals surface area contributed by atoms with Crippen molar-refractivity contribution in [3.63, 3.8) is 0 Å². The summed E-state index contributed by atoms with van der Waals surface area (Å²) in [5.41, 5.74) is -0.0536. The summed E-state index contributed by atoms with van der Waals surface area (Å²) in [5.74, 6) is -0.238. The first-order valence-electron chi connectivity index (χ1n) is 8.29. The van der Waals surface area contributed by atoms with Crippen molar-refractivity contribution in [2.45, 2.75) is 6.61 Å². The van der Waals surface area contributed by atoms with Gasteiger partial charge in [-0.25, -0.2) is 0 Å². The van der Waals surface area contributed by atoms with E-state index in [1.54, 1.807) is 42.7 Å². The van der Waals surface area contributed by atoms with Gasteiger partial charge in [-0.05, 0) is 18.2 Å². The molecular formula is C19H14N4O6. The summed E-state index contributed by atoms with van der Waals surface area (Å²) in [6.45, 7) is 0.280. The number of hydrogen-bond donors (Lipinski definition) is 1. The standard InChI is InChI=1S/C19H14N4O6/c24-19(14-7-16(22(25)26)10-17(8-14)23(27)28)21-15-4-1-5-18(9-15)29-12-13-3-2-6-20-11-13/h1-11H,12H2,(H,21,24). The van der Waals surface area contributed by atoms with Crippen LogP contribution in [-0.2, 0) is 6.61 Å². The average Bonchev–Trinajstić information content (AvgIpc) is 2.73. The fraction of sp³-hybridized carbons (Fsp3) is 0.0526. The molecule has 10 nitrogen and oxygen atoms in total. The Kier molecular flexibility index (Phi) is 5.74. The molecule has 0 saturated heterocycles. The Bertz CT molecular complexity index is 1040. The summed E-state index contributed by atoms with van der Waals surface area (Å²) in [7, 11) is 0. The number of rotatable bonds is 7. The first-order valence-corrected chi connectivity index (χ1v) is 8.29. The van der Waals surface area contributed by atoms with Crippen LogP contribution in [0.2, 0.25) is 0 Å². The molecule has 0 bridgehead atoms. The van der Waals surface area contributed by atoms with Crippen molar-refractivity contribution in [2.24, 2.45) is 0 Å². The summed E-state index contributed by atoms with van der Waals surface area (Å²) >= 11 is 0. The third-order valence-electron chi connectivity index (χ3n) is 3.81. The number of anilines is 1. The van der Waals surface area contributed by atoms with E-state index >= 15 is 0 Å². The van der Waals surface area contributed by atoms with Crippen molar-refractivity contribution in [1.29, 1.82) is 0 Å². The molecule has 29 heavy (non-hydrogen) atoms. The highest BCUT2D eigenvalue weighted by molar-refractivity contribution is 6.05. The topological polar surface area (TPSA) is 138 Å². The number of nitrogens with zero attached hydrogens (tertiary/aromatic N) is 3. The van der Waals surface area contributed by atoms with Crippen LogP contribution < -0.4 is 10.1 Å². The quantitative estimate of drug-likeness (QED) is 0.476. The van der Waals surface area contributed by atoms with Crippen molar-refractivity contribution >= 4 is 23.0 Å². The maximum Gasteiger partial charge on any atom is 0.277 e. The Morgan fingerprint density at radius 1 is 1.00 bits per heavy atom. The molecule has 0 aliphatic rings. The van der Waals surface area contributed by atoms with E-state index in [1.165, 1.54) is 0 Å². The summed E-state index contributed by atoms with van der Waals surface area (Å²) < 4.78 is 5.65. The van der Waals surface area contributed by atoms with Crippen LogP contribution in [0.25, 0.3) is 0 Å². The highest BCUT2D eigenvalue weighted by Crippen LogP contribution is 2.24. The van der Waals surface area contributed by atoms with Gasteiger partial charge in [0.2, 0.25) is 0 Å². The highest BCUT2D eigenvalue weighted by atomic mass is 16.6. The van der Waals surface area contributed by atoms with Crippen molar-refractivity contribution in [3.8, 4) is 5.75 Å². The lowest BCUT2D eigenvalue weighted by Crippen LogP contribution is -2.12. The second-order valence-electron chi connectivity index (χ2n) is 5.88. The van der Waals surface area contributed by atoms with Crippen LogP contribution in [-0.4, -0.2) is 20.7 Å². The predicted molar refractivity (Wildman–Crippen MR) is 103 cm³/mol. The Morgan fingerprint density at radius 2 is 1.72 bits per heavy atom. The molecule has 0 aliphatic heterocycles. The molecule has 2 aromatic carbocycles. The number of hydrogen-bond acceptors (Lipinski definition) is 7. The summed E-state index contributed by atoms with van der Waals surface area (Å²) in [6, 6.07) is 12.9. The number of carbonyl (C=O) groups is 1. The average molecular weight is 394 g/mol. The first-order chi connectivity index (χ1) is 13.9. The van der Waals surface area contributed by atoms with Gasteiger partial charge >= 0.3 is 0 Å². The minimum Gasteiger partial charge on any atom is -0.489 e. The molecule has 3 aromatic rings. The summed E-state index contributed by atoms with van der Waals surface area (Å²) in [5, 5.41) is 24.5. The third-order valence-corrected chi connectivity index (χ3v) is 3.81. The lowest BCUT2D eigenvalue weighted by molar-refractivity contribution is -0.394. The van der Waals surface area contributed by atoms with Crippen LogP contribution in [0.4, 0.5) is 17.1 Å². The fourth-order valence-corrected chi connectivity index (χ4v) is 2.45. The van der Waals surface area contributed by atoms with E-state index in [9.17, 15) is 25.0 Å². The van der Waals surface area contributed by atoms with Gasteiger partial charge in [-0.15, -0.1) is 0 Å². The van der Waals surface area contributed by atoms with E-state index in [0.29, 0.717) is 11.4 Å². The van der Waals surface area contributed by atoms with E-state index in [1.807, 2.05) is 6.07 Å². The molecule has 0 radical (unpaired) electrons. The fourth-order valence-electron chi connectivity index (χ4n) is 2.45. The molecule has 146 valence electrons. The molecule has 3 rings (SSSR count). The van der Waals surface area contributed by atoms with Crippen LogP contribution in [0.15, 0.2) is 67.0 Å². The van der Waals surface area contributed by atoms with Crippen molar-refractivity contribution in [2.75, 3.05) is 5.32 Å². The zero-order chi connectivity index (χ0) is 20.8. The summed E-state index contributed by atoms with van der Waals surface area (Å²) in [4.78, 5) is 36.8. The number of non-ortho nitro benzene ring substituents is 2. The number of nitrogens with one attached hydrogen (secondary N) is 1. The number of benzene rings is 2. The van der Waals surface area contributed by atoms with Crippen molar-refractivity contribution in [3.05, 3.63) is 98.3 Å². The number of nitro groups is 2. The SMILES string of the molecule is O=C(Nc1cccc(OCc2cccnc2)c1)c1cc([N+](=O)[O-])cc([N+](=O)[O-])c1. The lowest BCUT2D eigenvalue weighted by atomic mass is 10.1. The van der Waals surface area contributed by atoms with Crippen molar-refractivity contribution < 1.29 is 19.4 Å². The van der Waals surface area contributed by atoms with Gasteiger partial charge in [0.25, 0.3) is 17.3 Å². The van der Waals surface area contributed by atoms with Gasteiger partial charge < -0.3 is 10.1 Å². The maximum atomic E-state index is 12.4. The molecule has 1 aromatic heterocycles. The normalized spacial score (nSPS) is 10.2. The molecule has 0 aliphatic carbocycles. The molecule has 1 amide bonds. The second kappa shape index (κ2) is 8.57. The van der Waals surface area contributed by atoms with E-state index < -0.39 is 27.1 Å². The molecule has 10 heteroatoms. The number of pyridine rings is 1. The van der Waals surface area contributed by atoms with E-state index in [0.717, 1.165) is 23.8 Å². The second-order valence-corrected chi connectivity index (χ2v) is 5.88. The largest absolute Gasteiger partial charge is 0.489 e. The summed E-state index contributed by atoms with van der Waals surface area (Å²) in [6.07, 6.45) is 3.32. The number of amides is 1. The Morgan fingerprint density at radius 3 is 2.34 bits per heavy atom. The minimum absolute atomic E-state index is 0.201. The van der Waals surface area contributed by atoms with Gasteiger partial charge in [0.05, 0.1) is 21.5 Å². The predicted octanol–water partition coefficient (Wildman–Crippen LogP) is 3.73. The van der Waals surface area contributed by atoms with Crippen LogP contribution in [0, 0.1) is 20.2 Å². The van der Waals surface area contributed by atoms with Gasteiger partial charge in [-0.2, -0.15) is 0 Å². The Hall–Kier alpha value is -4.34. The van der Waals surface area contributed by atoms with Gasteiger partial charge in [-0.3, -0.25) is 30.0 Å². The monoisotopic (exact) mass is 394 g/mol. The molecule has 0 spiro atoms. The minimum atomic E-state index is -0.795. The molecule has 1 N–H and O–H groups in total. The molecular weight excluding hydrogens is 380 g/mol. The van der Waals surface area contributed by atoms with Gasteiger partial charge in [0.15, 0.2) is 0 Å². The number of nitro benzene ring substituents is 2. The smallest absolute Gasteiger partial charge is 0.277 e. The lowest BCUT2D eigenvalue weighted by Gasteiger charge is -2.09. The van der Waals surface area contributed by atoms with Gasteiger partial charge in [-0.1, -0.05) is 12.1 Å². The van der Waals surface area contributed by atoms with Crippen molar-refractivity contribution in [1.82, 2.24) is 4.98 Å². The molecule has 0 atom stereocenters. The highest BCUT2D eigenvalue weighted by Gasteiger charge is 2.20. The molecule has 0 unspecified atom stereocenters. The van der Waals surface area contributed by atoms with Gasteiger partial charge in [0.1, 0.15) is 12.4 Å². The van der Waals surface area contributed by atoms with Crippen LogP contribution in [0.3, 0.4) is 0 Å². The first kappa shape index (κ1) is 19.4. The van der Waals surface area contributed by atoms with E-state index in [2.05, 4.69) is 10.3 Å². The molecule has 1 heterocycles. The zero-order valence-electron chi connectivity index (χ0n) is 14.8. The third kappa shape index (κ3) is 5.10. The molecule has 0 fully saturated rings. The van der Waals surface area contributed by atoms with Gasteiger partial charge in [0, 0.05) is 41.8 Å². The van der Waals surface area contributed by atoms with Crippen LogP contribution in [0.5, 0.6) is 5.75 Å². The van der Waals surface area contributed by atoms with Crippen LogP contribution >= 0.6 is 0 Å². The van der Waals surface area contributed by atoms with Crippen LogP contribution in [0.1, 0.15) is 15.9 Å². The molecule has 0 saturated carbocycles. The number of ether oxygens (including phenoxy) is 1. The maximum absolute atomic E-state index is 12.4. The van der Waals surface area contributed by atoms with E-state index in [4.69, 9.17) is 4.74 Å².